The highest BCUT2D eigenvalue weighted by molar-refractivity contribution is 7.86. The lowest BCUT2D eigenvalue weighted by Gasteiger charge is -2.23. The van der Waals surface area contributed by atoms with Gasteiger partial charge >= 0.3 is 0 Å². The predicted octanol–water partition coefficient (Wildman–Crippen LogP) is 0.797. The average molecular weight is 328 g/mol. The van der Waals surface area contributed by atoms with E-state index in [9.17, 15) is 8.42 Å². The van der Waals surface area contributed by atoms with Crippen molar-refractivity contribution in [2.45, 2.75) is 19.4 Å². The molecule has 0 bridgehead atoms. The van der Waals surface area contributed by atoms with E-state index < -0.39 is 10.2 Å². The van der Waals surface area contributed by atoms with Gasteiger partial charge in [-0.05, 0) is 18.6 Å². The van der Waals surface area contributed by atoms with Crippen LogP contribution < -0.4 is 9.64 Å². The third-order valence-corrected chi connectivity index (χ3v) is 5.77. The third-order valence-electron chi connectivity index (χ3n) is 3.74. The van der Waals surface area contributed by atoms with Crippen LogP contribution in [0.2, 0.25) is 0 Å². The molecule has 0 aromatic carbocycles. The van der Waals surface area contributed by atoms with Gasteiger partial charge in [-0.1, -0.05) is 6.92 Å². The summed E-state index contributed by atoms with van der Waals surface area (Å²) in [6.45, 7) is 3.13. The summed E-state index contributed by atoms with van der Waals surface area (Å²) in [4.78, 5) is 6.17. The third kappa shape index (κ3) is 3.50. The minimum Gasteiger partial charge on any atom is -0.485 e. The Morgan fingerprint density at radius 2 is 2.14 bits per heavy atom. The summed E-state index contributed by atoms with van der Waals surface area (Å²) >= 11 is 0. The first-order chi connectivity index (χ1) is 10.4. The van der Waals surface area contributed by atoms with Crippen LogP contribution in [0.5, 0.6) is 5.75 Å². The number of hydrogen-bond donors (Lipinski definition) is 0. The Bertz CT molecular complexity index is 606. The molecule has 1 fully saturated rings. The van der Waals surface area contributed by atoms with Crippen molar-refractivity contribution in [1.29, 1.82) is 0 Å². The lowest BCUT2D eigenvalue weighted by Crippen LogP contribution is -2.41. The van der Waals surface area contributed by atoms with Crippen molar-refractivity contribution < 1.29 is 13.2 Å². The molecule has 0 amide bonds. The van der Waals surface area contributed by atoms with E-state index in [1.165, 1.54) is 8.61 Å². The highest BCUT2D eigenvalue weighted by Crippen LogP contribution is 2.27. The average Bonchev–Trinajstić information content (AvgIpc) is 2.96. The maximum absolute atomic E-state index is 12.3. The number of pyridine rings is 1. The van der Waals surface area contributed by atoms with E-state index in [1.807, 2.05) is 38.1 Å². The van der Waals surface area contributed by atoms with Gasteiger partial charge in [-0.3, -0.25) is 0 Å². The molecule has 0 radical (unpaired) electrons. The van der Waals surface area contributed by atoms with Crippen LogP contribution in [0.25, 0.3) is 0 Å². The van der Waals surface area contributed by atoms with E-state index in [1.54, 1.807) is 13.2 Å². The topological polar surface area (TPSA) is 66.0 Å². The highest BCUT2D eigenvalue weighted by atomic mass is 32.2. The SMILES string of the molecule is CCN(C)S(=O)(=O)N1CC[C@H](Oc2cccnc2N(C)C)C1. The number of aromatic nitrogens is 1. The molecular weight excluding hydrogens is 304 g/mol. The second kappa shape index (κ2) is 6.80. The van der Waals surface area contributed by atoms with Crippen molar-refractivity contribution in [3.05, 3.63) is 18.3 Å². The van der Waals surface area contributed by atoms with Crippen LogP contribution in [0, 0.1) is 0 Å². The van der Waals surface area contributed by atoms with E-state index in [-0.39, 0.29) is 6.10 Å². The fourth-order valence-electron chi connectivity index (χ4n) is 2.35. The van der Waals surface area contributed by atoms with E-state index in [0.29, 0.717) is 31.8 Å². The van der Waals surface area contributed by atoms with Crippen molar-refractivity contribution in [3.63, 3.8) is 0 Å². The largest absolute Gasteiger partial charge is 0.485 e. The molecule has 124 valence electrons. The summed E-state index contributed by atoms with van der Waals surface area (Å²) in [5, 5.41) is 0. The fraction of sp³-hybridized carbons (Fsp3) is 0.643. The molecule has 22 heavy (non-hydrogen) atoms. The Labute approximate surface area is 132 Å². The Balaban J connectivity index is 2.06. The van der Waals surface area contributed by atoms with E-state index in [4.69, 9.17) is 4.74 Å². The number of anilines is 1. The molecule has 1 aromatic heterocycles. The van der Waals surface area contributed by atoms with Crippen molar-refractivity contribution in [2.24, 2.45) is 0 Å². The summed E-state index contributed by atoms with van der Waals surface area (Å²) in [6.07, 6.45) is 2.24. The standard InChI is InChI=1S/C14H24N4O3S/c1-5-17(4)22(19,20)18-10-8-12(11-18)21-13-7-6-9-15-14(13)16(2)3/h6-7,9,12H,5,8,10-11H2,1-4H3/t12-/m0/s1. The second-order valence-electron chi connectivity index (χ2n) is 5.53. The molecule has 1 aliphatic heterocycles. The van der Waals surface area contributed by atoms with Gasteiger partial charge in [-0.25, -0.2) is 4.98 Å². The molecule has 1 saturated heterocycles. The van der Waals surface area contributed by atoms with Gasteiger partial charge in [-0.15, -0.1) is 0 Å². The minimum absolute atomic E-state index is 0.150. The van der Waals surface area contributed by atoms with Gasteiger partial charge in [0.1, 0.15) is 6.10 Å². The number of ether oxygens (including phenoxy) is 1. The zero-order valence-corrected chi connectivity index (χ0v) is 14.4. The summed E-state index contributed by atoms with van der Waals surface area (Å²) in [5.74, 6) is 1.43. The second-order valence-corrected chi connectivity index (χ2v) is 7.56. The van der Waals surface area contributed by atoms with Gasteiger partial charge in [0.05, 0.1) is 6.54 Å². The summed E-state index contributed by atoms with van der Waals surface area (Å²) in [5.41, 5.74) is 0. The molecule has 2 rings (SSSR count). The van der Waals surface area contributed by atoms with Crippen LogP contribution in [0.15, 0.2) is 18.3 Å². The van der Waals surface area contributed by atoms with Crippen LogP contribution in [0.4, 0.5) is 5.82 Å². The van der Waals surface area contributed by atoms with Gasteiger partial charge in [0.15, 0.2) is 11.6 Å². The first-order valence-electron chi connectivity index (χ1n) is 7.36. The summed E-state index contributed by atoms with van der Waals surface area (Å²) < 4.78 is 33.4. The number of hydrogen-bond acceptors (Lipinski definition) is 5. The van der Waals surface area contributed by atoms with Crippen molar-refractivity contribution >= 4 is 16.0 Å². The highest BCUT2D eigenvalue weighted by Gasteiger charge is 2.34. The Hall–Kier alpha value is -1.38. The molecule has 0 aliphatic carbocycles. The smallest absolute Gasteiger partial charge is 0.281 e. The summed E-state index contributed by atoms with van der Waals surface area (Å²) in [6, 6.07) is 3.67. The van der Waals surface area contributed by atoms with E-state index in [2.05, 4.69) is 4.98 Å². The van der Waals surface area contributed by atoms with Crippen molar-refractivity contribution in [1.82, 2.24) is 13.6 Å². The normalized spacial score (nSPS) is 19.6. The Kier molecular flexibility index (Phi) is 5.25. The molecule has 1 atom stereocenters. The summed E-state index contributed by atoms with van der Waals surface area (Å²) in [7, 11) is 2.01. The number of nitrogens with zero attached hydrogens (tertiary/aromatic N) is 4. The zero-order chi connectivity index (χ0) is 16.3. The molecule has 1 aliphatic rings. The molecule has 2 heterocycles. The van der Waals surface area contributed by atoms with Crippen molar-refractivity contribution in [3.8, 4) is 5.75 Å². The van der Waals surface area contributed by atoms with Crippen molar-refractivity contribution in [2.75, 3.05) is 45.7 Å². The zero-order valence-electron chi connectivity index (χ0n) is 13.6. The van der Waals surface area contributed by atoms with Crippen LogP contribution in [-0.2, 0) is 10.2 Å². The van der Waals surface area contributed by atoms with Crippen LogP contribution >= 0.6 is 0 Å². The quantitative estimate of drug-likeness (QED) is 0.773. The minimum atomic E-state index is -3.38. The lowest BCUT2D eigenvalue weighted by molar-refractivity contribution is 0.214. The van der Waals surface area contributed by atoms with Gasteiger partial charge < -0.3 is 9.64 Å². The van der Waals surface area contributed by atoms with Crippen LogP contribution in [-0.4, -0.2) is 68.9 Å². The van der Waals surface area contributed by atoms with E-state index >= 15 is 0 Å². The molecule has 0 spiro atoms. The molecule has 0 unspecified atom stereocenters. The Morgan fingerprint density at radius 1 is 1.41 bits per heavy atom. The maximum Gasteiger partial charge on any atom is 0.281 e. The predicted molar refractivity (Wildman–Crippen MR) is 86.4 cm³/mol. The van der Waals surface area contributed by atoms with Crippen LogP contribution in [0.1, 0.15) is 13.3 Å². The molecule has 0 saturated carbocycles. The van der Waals surface area contributed by atoms with Crippen LogP contribution in [0.3, 0.4) is 0 Å². The molecule has 0 N–H and O–H groups in total. The fourth-order valence-corrected chi connectivity index (χ4v) is 3.76. The maximum atomic E-state index is 12.3. The van der Waals surface area contributed by atoms with Gasteiger partial charge in [0.2, 0.25) is 0 Å². The monoisotopic (exact) mass is 328 g/mol. The van der Waals surface area contributed by atoms with Gasteiger partial charge in [0, 0.05) is 40.4 Å². The molecule has 7 nitrogen and oxygen atoms in total. The Morgan fingerprint density at radius 3 is 2.77 bits per heavy atom. The van der Waals surface area contributed by atoms with E-state index in [0.717, 1.165) is 5.82 Å². The van der Waals surface area contributed by atoms with Gasteiger partial charge in [-0.2, -0.15) is 17.0 Å². The first-order valence-corrected chi connectivity index (χ1v) is 8.76. The molecular formula is C14H24N4O3S. The molecule has 1 aromatic rings. The first kappa shape index (κ1) is 17.0. The molecule has 8 heteroatoms. The lowest BCUT2D eigenvalue weighted by atomic mass is 10.3. The number of rotatable bonds is 6. The van der Waals surface area contributed by atoms with Gasteiger partial charge in [0.25, 0.3) is 10.2 Å².